The molecule has 1 aliphatic heterocycles. The van der Waals surface area contributed by atoms with Crippen LogP contribution in [0.25, 0.3) is 0 Å². The summed E-state index contributed by atoms with van der Waals surface area (Å²) in [6.45, 7) is 8.82. The number of nitrogens with one attached hydrogen (secondary N) is 1. The monoisotopic (exact) mass is 228 g/mol. The van der Waals surface area contributed by atoms with Gasteiger partial charge in [-0.2, -0.15) is 0 Å². The molecule has 0 aliphatic carbocycles. The lowest BCUT2D eigenvalue weighted by atomic mass is 10.1. The van der Waals surface area contributed by atoms with Crippen molar-refractivity contribution in [3.05, 3.63) is 0 Å². The zero-order valence-corrected chi connectivity index (χ0v) is 11.1. The van der Waals surface area contributed by atoms with E-state index in [1.165, 1.54) is 25.7 Å². The standard InChI is InChI=1S/C12H24N2S/c1-10(2)9-13-12(15)14-8-6-4-5-7-11(14)3/h10-11H,4-9H2,1-3H3,(H,13,15). The number of thiocarbonyl (C=S) groups is 1. The maximum atomic E-state index is 5.44. The molecule has 0 spiro atoms. The third-order valence-electron chi connectivity index (χ3n) is 2.98. The van der Waals surface area contributed by atoms with Gasteiger partial charge in [-0.05, 0) is 37.9 Å². The van der Waals surface area contributed by atoms with Crippen molar-refractivity contribution < 1.29 is 0 Å². The largest absolute Gasteiger partial charge is 0.362 e. The van der Waals surface area contributed by atoms with Crippen molar-refractivity contribution >= 4 is 17.3 Å². The predicted molar refractivity (Wildman–Crippen MR) is 70.1 cm³/mol. The van der Waals surface area contributed by atoms with E-state index in [0.717, 1.165) is 18.2 Å². The van der Waals surface area contributed by atoms with Crippen molar-refractivity contribution in [1.29, 1.82) is 0 Å². The van der Waals surface area contributed by atoms with Crippen LogP contribution in [-0.2, 0) is 0 Å². The highest BCUT2D eigenvalue weighted by Gasteiger charge is 2.18. The van der Waals surface area contributed by atoms with Crippen LogP contribution in [0, 0.1) is 5.92 Å². The topological polar surface area (TPSA) is 15.3 Å². The lowest BCUT2D eigenvalue weighted by Gasteiger charge is -2.30. The number of nitrogens with zero attached hydrogens (tertiary/aromatic N) is 1. The third-order valence-corrected chi connectivity index (χ3v) is 3.35. The Bertz CT molecular complexity index is 204. The van der Waals surface area contributed by atoms with Gasteiger partial charge in [0.1, 0.15) is 0 Å². The van der Waals surface area contributed by atoms with Gasteiger partial charge in [0.2, 0.25) is 0 Å². The molecule has 1 rings (SSSR count). The Kier molecular flexibility index (Phi) is 5.37. The smallest absolute Gasteiger partial charge is 0.169 e. The maximum Gasteiger partial charge on any atom is 0.169 e. The van der Waals surface area contributed by atoms with E-state index in [4.69, 9.17) is 12.2 Å². The lowest BCUT2D eigenvalue weighted by molar-refractivity contribution is 0.330. The van der Waals surface area contributed by atoms with Gasteiger partial charge in [0.25, 0.3) is 0 Å². The molecule has 0 radical (unpaired) electrons. The summed E-state index contributed by atoms with van der Waals surface area (Å²) in [5, 5.41) is 4.32. The van der Waals surface area contributed by atoms with Crippen LogP contribution in [0.5, 0.6) is 0 Å². The van der Waals surface area contributed by atoms with Gasteiger partial charge in [-0.15, -0.1) is 0 Å². The summed E-state index contributed by atoms with van der Waals surface area (Å²) in [5.74, 6) is 0.658. The summed E-state index contributed by atoms with van der Waals surface area (Å²) >= 11 is 5.44. The molecule has 1 unspecified atom stereocenters. The second-order valence-corrected chi connectivity index (χ2v) is 5.36. The summed E-state index contributed by atoms with van der Waals surface area (Å²) in [5.41, 5.74) is 0. The quantitative estimate of drug-likeness (QED) is 0.732. The summed E-state index contributed by atoms with van der Waals surface area (Å²) in [6, 6.07) is 0.611. The lowest BCUT2D eigenvalue weighted by Crippen LogP contribution is -2.45. The van der Waals surface area contributed by atoms with Crippen LogP contribution in [0.2, 0.25) is 0 Å². The fraction of sp³-hybridized carbons (Fsp3) is 0.917. The molecule has 1 atom stereocenters. The van der Waals surface area contributed by atoms with E-state index in [1.807, 2.05) is 0 Å². The van der Waals surface area contributed by atoms with E-state index in [2.05, 4.69) is 31.0 Å². The molecule has 0 saturated carbocycles. The third kappa shape index (κ3) is 4.37. The highest BCUT2D eigenvalue weighted by atomic mass is 32.1. The molecule has 0 amide bonds. The molecule has 0 aromatic carbocycles. The normalized spacial score (nSPS) is 22.7. The highest BCUT2D eigenvalue weighted by Crippen LogP contribution is 2.16. The van der Waals surface area contributed by atoms with Crippen molar-refractivity contribution in [3.8, 4) is 0 Å². The molecular formula is C12H24N2S. The summed E-state index contributed by atoms with van der Waals surface area (Å²) in [6.07, 6.45) is 5.27. The van der Waals surface area contributed by atoms with Gasteiger partial charge in [-0.25, -0.2) is 0 Å². The highest BCUT2D eigenvalue weighted by molar-refractivity contribution is 7.80. The molecule has 1 aliphatic rings. The molecular weight excluding hydrogens is 204 g/mol. The van der Waals surface area contributed by atoms with Gasteiger partial charge < -0.3 is 10.2 Å². The molecule has 3 heteroatoms. The average molecular weight is 228 g/mol. The summed E-state index contributed by atoms with van der Waals surface area (Å²) in [7, 11) is 0. The van der Waals surface area contributed by atoms with Crippen molar-refractivity contribution in [2.75, 3.05) is 13.1 Å². The minimum Gasteiger partial charge on any atom is -0.362 e. The van der Waals surface area contributed by atoms with E-state index >= 15 is 0 Å². The minimum atomic E-state index is 0.611. The van der Waals surface area contributed by atoms with Crippen LogP contribution in [-0.4, -0.2) is 29.1 Å². The van der Waals surface area contributed by atoms with E-state index < -0.39 is 0 Å². The first kappa shape index (κ1) is 12.8. The average Bonchev–Trinajstić information content (AvgIpc) is 2.39. The molecule has 88 valence electrons. The first-order chi connectivity index (χ1) is 7.11. The van der Waals surface area contributed by atoms with Gasteiger partial charge in [-0.3, -0.25) is 0 Å². The van der Waals surface area contributed by atoms with Crippen LogP contribution in [0.3, 0.4) is 0 Å². The molecule has 0 aromatic rings. The molecule has 1 saturated heterocycles. The van der Waals surface area contributed by atoms with Crippen molar-refractivity contribution in [3.63, 3.8) is 0 Å². The van der Waals surface area contributed by atoms with Crippen LogP contribution in [0.15, 0.2) is 0 Å². The Morgan fingerprint density at radius 3 is 2.80 bits per heavy atom. The van der Waals surface area contributed by atoms with Crippen LogP contribution < -0.4 is 5.32 Å². The van der Waals surface area contributed by atoms with E-state index in [9.17, 15) is 0 Å². The number of hydrogen-bond acceptors (Lipinski definition) is 1. The van der Waals surface area contributed by atoms with E-state index in [1.54, 1.807) is 0 Å². The van der Waals surface area contributed by atoms with Crippen molar-refractivity contribution in [1.82, 2.24) is 10.2 Å². The molecule has 0 aromatic heterocycles. The number of hydrogen-bond donors (Lipinski definition) is 1. The van der Waals surface area contributed by atoms with Crippen LogP contribution >= 0.6 is 12.2 Å². The number of rotatable bonds is 2. The fourth-order valence-electron chi connectivity index (χ4n) is 1.97. The Hall–Kier alpha value is -0.310. The molecule has 0 bridgehead atoms. The van der Waals surface area contributed by atoms with Gasteiger partial charge in [0.15, 0.2) is 5.11 Å². The molecule has 1 heterocycles. The Labute approximate surface area is 99.4 Å². The SMILES string of the molecule is CC(C)CNC(=S)N1CCCCCC1C. The van der Waals surface area contributed by atoms with Crippen molar-refractivity contribution in [2.45, 2.75) is 52.5 Å². The van der Waals surface area contributed by atoms with Gasteiger partial charge >= 0.3 is 0 Å². The first-order valence-corrected chi connectivity index (χ1v) is 6.56. The van der Waals surface area contributed by atoms with Crippen LogP contribution in [0.1, 0.15) is 46.5 Å². The zero-order chi connectivity index (χ0) is 11.3. The zero-order valence-electron chi connectivity index (χ0n) is 10.3. The Balaban J connectivity index is 2.41. The van der Waals surface area contributed by atoms with Gasteiger partial charge in [0, 0.05) is 19.1 Å². The van der Waals surface area contributed by atoms with Crippen molar-refractivity contribution in [2.24, 2.45) is 5.92 Å². The fourth-order valence-corrected chi connectivity index (χ4v) is 2.32. The summed E-state index contributed by atoms with van der Waals surface area (Å²) < 4.78 is 0. The predicted octanol–water partition coefficient (Wildman–Crippen LogP) is 2.78. The van der Waals surface area contributed by atoms with Gasteiger partial charge in [-0.1, -0.05) is 26.7 Å². The second-order valence-electron chi connectivity index (χ2n) is 4.97. The van der Waals surface area contributed by atoms with Crippen LogP contribution in [0.4, 0.5) is 0 Å². The minimum absolute atomic E-state index is 0.611. The molecule has 1 fully saturated rings. The first-order valence-electron chi connectivity index (χ1n) is 6.15. The molecule has 1 N–H and O–H groups in total. The molecule has 2 nitrogen and oxygen atoms in total. The second kappa shape index (κ2) is 6.31. The Morgan fingerprint density at radius 1 is 1.40 bits per heavy atom. The summed E-state index contributed by atoms with van der Waals surface area (Å²) in [4.78, 5) is 2.37. The maximum absolute atomic E-state index is 5.44. The van der Waals surface area contributed by atoms with E-state index in [-0.39, 0.29) is 0 Å². The van der Waals surface area contributed by atoms with E-state index in [0.29, 0.717) is 12.0 Å². The van der Waals surface area contributed by atoms with Gasteiger partial charge in [0.05, 0.1) is 0 Å². The Morgan fingerprint density at radius 2 is 2.13 bits per heavy atom. The molecule has 15 heavy (non-hydrogen) atoms. The number of likely N-dealkylation sites (tertiary alicyclic amines) is 1.